The lowest BCUT2D eigenvalue weighted by Crippen LogP contribution is -2.37. The highest BCUT2D eigenvalue weighted by Gasteiger charge is 2.34. The zero-order valence-corrected chi connectivity index (χ0v) is 17.5. The van der Waals surface area contributed by atoms with Gasteiger partial charge < -0.3 is 5.32 Å². The van der Waals surface area contributed by atoms with Gasteiger partial charge in [-0.05, 0) is 41.6 Å². The normalized spacial score (nSPS) is 15.0. The van der Waals surface area contributed by atoms with Crippen molar-refractivity contribution in [2.45, 2.75) is 0 Å². The predicted molar refractivity (Wildman–Crippen MR) is 115 cm³/mol. The molecule has 0 aliphatic carbocycles. The lowest BCUT2D eigenvalue weighted by atomic mass is 10.2. The topological polar surface area (TPSA) is 110 Å². The summed E-state index contributed by atoms with van der Waals surface area (Å²) in [5.41, 5.74) is 0.548. The fourth-order valence-electron chi connectivity index (χ4n) is 2.58. The number of nitrogens with one attached hydrogen (secondary N) is 1. The Kier molecular flexibility index (Phi) is 6.76. The SMILES string of the molecule is O=C(NCCN1C(=O)S/C(=C\c2ccc(Cl)cc2)C1=O)c1ccc([N+](=O)[O-])cc1Cl. The second-order valence-corrected chi connectivity index (χ2v) is 7.90. The van der Waals surface area contributed by atoms with Crippen molar-refractivity contribution < 1.29 is 19.3 Å². The molecule has 1 fully saturated rings. The van der Waals surface area contributed by atoms with Crippen LogP contribution in [0.1, 0.15) is 15.9 Å². The van der Waals surface area contributed by atoms with Gasteiger partial charge in [0.2, 0.25) is 0 Å². The van der Waals surface area contributed by atoms with Crippen LogP contribution >= 0.6 is 35.0 Å². The maximum absolute atomic E-state index is 12.5. The zero-order chi connectivity index (χ0) is 21.8. The average Bonchev–Trinajstić information content (AvgIpc) is 2.96. The molecule has 0 saturated carbocycles. The molecule has 1 heterocycles. The molecule has 3 amide bonds. The van der Waals surface area contributed by atoms with Gasteiger partial charge in [-0.2, -0.15) is 0 Å². The van der Waals surface area contributed by atoms with Crippen molar-refractivity contribution in [2.24, 2.45) is 0 Å². The van der Waals surface area contributed by atoms with Crippen LogP contribution in [0.2, 0.25) is 10.0 Å². The molecular formula is C19H13Cl2N3O5S. The number of rotatable bonds is 6. The summed E-state index contributed by atoms with van der Waals surface area (Å²) in [4.78, 5) is 48.3. The molecule has 0 radical (unpaired) electrons. The Bertz CT molecular complexity index is 1070. The first-order valence-electron chi connectivity index (χ1n) is 8.49. The van der Waals surface area contributed by atoms with Gasteiger partial charge in [-0.25, -0.2) is 0 Å². The van der Waals surface area contributed by atoms with E-state index in [-0.39, 0.29) is 34.3 Å². The fraction of sp³-hybridized carbons (Fsp3) is 0.105. The first-order chi connectivity index (χ1) is 14.3. The van der Waals surface area contributed by atoms with Crippen LogP contribution in [0.4, 0.5) is 10.5 Å². The van der Waals surface area contributed by atoms with Crippen LogP contribution in [0.15, 0.2) is 47.4 Å². The van der Waals surface area contributed by atoms with Gasteiger partial charge in [0.1, 0.15) is 0 Å². The number of carbonyl (C=O) groups excluding carboxylic acids is 3. The number of nitro benzene ring substituents is 1. The Balaban J connectivity index is 1.60. The standard InChI is InChI=1S/C19H13Cl2N3O5S/c20-12-3-1-11(2-4-12)9-16-18(26)23(19(27)30-16)8-7-22-17(25)14-6-5-13(24(28)29)10-15(14)21/h1-6,9-10H,7-8H2,(H,22,25)/b16-9-. The number of hydrogen-bond donors (Lipinski definition) is 1. The van der Waals surface area contributed by atoms with Gasteiger partial charge in [0.25, 0.3) is 22.7 Å². The maximum atomic E-state index is 12.5. The van der Waals surface area contributed by atoms with Gasteiger partial charge in [0.15, 0.2) is 0 Å². The Hall–Kier alpha value is -2.88. The molecule has 0 bridgehead atoms. The highest BCUT2D eigenvalue weighted by Crippen LogP contribution is 2.32. The van der Waals surface area contributed by atoms with E-state index in [0.717, 1.165) is 28.3 Å². The van der Waals surface area contributed by atoms with Gasteiger partial charge in [-0.15, -0.1) is 0 Å². The predicted octanol–water partition coefficient (Wildman–Crippen LogP) is 4.37. The number of hydrogen-bond acceptors (Lipinski definition) is 6. The first-order valence-corrected chi connectivity index (χ1v) is 10.1. The molecule has 154 valence electrons. The minimum Gasteiger partial charge on any atom is -0.350 e. The van der Waals surface area contributed by atoms with E-state index in [9.17, 15) is 24.5 Å². The lowest BCUT2D eigenvalue weighted by molar-refractivity contribution is -0.384. The Morgan fingerprint density at radius 1 is 1.17 bits per heavy atom. The zero-order valence-electron chi connectivity index (χ0n) is 15.1. The van der Waals surface area contributed by atoms with Crippen LogP contribution in [0.5, 0.6) is 0 Å². The molecule has 0 atom stereocenters. The lowest BCUT2D eigenvalue weighted by Gasteiger charge is -2.13. The molecule has 3 rings (SSSR count). The smallest absolute Gasteiger partial charge is 0.293 e. The van der Waals surface area contributed by atoms with E-state index in [1.807, 2.05) is 0 Å². The molecule has 8 nitrogen and oxygen atoms in total. The summed E-state index contributed by atoms with van der Waals surface area (Å²) >= 11 is 12.6. The second-order valence-electron chi connectivity index (χ2n) is 6.06. The number of non-ortho nitro benzene ring substituents is 1. The van der Waals surface area contributed by atoms with Crippen LogP contribution in [0, 0.1) is 10.1 Å². The molecule has 1 aliphatic rings. The summed E-state index contributed by atoms with van der Waals surface area (Å²) < 4.78 is 0. The third kappa shape index (κ3) is 4.99. The highest BCUT2D eigenvalue weighted by molar-refractivity contribution is 8.18. The van der Waals surface area contributed by atoms with Crippen molar-refractivity contribution in [2.75, 3.05) is 13.1 Å². The van der Waals surface area contributed by atoms with E-state index in [0.29, 0.717) is 5.02 Å². The summed E-state index contributed by atoms with van der Waals surface area (Å²) in [6.07, 6.45) is 1.59. The number of carbonyl (C=O) groups is 3. The summed E-state index contributed by atoms with van der Waals surface area (Å²) in [5, 5.41) is 13.3. The molecule has 30 heavy (non-hydrogen) atoms. The number of nitro groups is 1. The Morgan fingerprint density at radius 3 is 2.50 bits per heavy atom. The number of imide groups is 1. The van der Waals surface area contributed by atoms with Crippen LogP contribution in [0.3, 0.4) is 0 Å². The van der Waals surface area contributed by atoms with E-state index in [1.54, 1.807) is 30.3 Å². The molecule has 1 saturated heterocycles. The van der Waals surface area contributed by atoms with E-state index in [1.165, 1.54) is 12.1 Å². The molecule has 2 aromatic carbocycles. The van der Waals surface area contributed by atoms with Crippen LogP contribution in [-0.4, -0.2) is 40.0 Å². The van der Waals surface area contributed by atoms with E-state index < -0.39 is 22.0 Å². The van der Waals surface area contributed by atoms with Gasteiger partial charge >= 0.3 is 0 Å². The van der Waals surface area contributed by atoms with Gasteiger partial charge in [0.05, 0.1) is 20.4 Å². The summed E-state index contributed by atoms with van der Waals surface area (Å²) in [6.45, 7) is -0.0304. The number of benzene rings is 2. The van der Waals surface area contributed by atoms with Crippen LogP contribution < -0.4 is 5.32 Å². The Morgan fingerprint density at radius 2 is 1.87 bits per heavy atom. The van der Waals surface area contributed by atoms with E-state index in [2.05, 4.69) is 5.32 Å². The number of amides is 3. The van der Waals surface area contributed by atoms with Crippen molar-refractivity contribution in [3.63, 3.8) is 0 Å². The number of nitrogens with zero attached hydrogens (tertiary/aromatic N) is 2. The van der Waals surface area contributed by atoms with Gasteiger partial charge in [-0.1, -0.05) is 35.3 Å². The highest BCUT2D eigenvalue weighted by atomic mass is 35.5. The molecule has 2 aromatic rings. The van der Waals surface area contributed by atoms with Crippen molar-refractivity contribution in [3.8, 4) is 0 Å². The quantitative estimate of drug-likeness (QED) is 0.385. The largest absolute Gasteiger partial charge is 0.350 e. The minimum atomic E-state index is -0.620. The van der Waals surface area contributed by atoms with Crippen LogP contribution in [0.25, 0.3) is 6.08 Å². The average molecular weight is 466 g/mol. The summed E-state index contributed by atoms with van der Waals surface area (Å²) in [5.74, 6) is -1.03. The van der Waals surface area contributed by atoms with Crippen molar-refractivity contribution in [1.82, 2.24) is 10.2 Å². The Labute approximate surface area is 185 Å². The van der Waals surface area contributed by atoms with Crippen molar-refractivity contribution >= 4 is 63.8 Å². The van der Waals surface area contributed by atoms with E-state index >= 15 is 0 Å². The van der Waals surface area contributed by atoms with Crippen LogP contribution in [-0.2, 0) is 4.79 Å². The molecular weight excluding hydrogens is 453 g/mol. The van der Waals surface area contributed by atoms with E-state index in [4.69, 9.17) is 23.2 Å². The summed E-state index contributed by atoms with van der Waals surface area (Å²) in [6, 6.07) is 10.3. The number of halogens is 2. The maximum Gasteiger partial charge on any atom is 0.293 e. The monoisotopic (exact) mass is 465 g/mol. The van der Waals surface area contributed by atoms with Gasteiger partial charge in [-0.3, -0.25) is 29.4 Å². The first kappa shape index (κ1) is 21.8. The molecule has 11 heteroatoms. The summed E-state index contributed by atoms with van der Waals surface area (Å²) in [7, 11) is 0. The van der Waals surface area contributed by atoms with Crippen molar-refractivity contribution in [3.05, 3.63) is 78.7 Å². The molecule has 1 aliphatic heterocycles. The third-order valence-corrected chi connectivity index (χ3v) is 5.54. The number of thioether (sulfide) groups is 1. The third-order valence-electron chi connectivity index (χ3n) is 4.07. The van der Waals surface area contributed by atoms with Gasteiger partial charge in [0, 0.05) is 30.2 Å². The second kappa shape index (κ2) is 9.29. The molecule has 1 N–H and O–H groups in total. The minimum absolute atomic E-state index is 0.00157. The molecule has 0 unspecified atom stereocenters. The van der Waals surface area contributed by atoms with Crippen molar-refractivity contribution in [1.29, 1.82) is 0 Å². The fourth-order valence-corrected chi connectivity index (χ4v) is 3.83. The molecule has 0 aromatic heterocycles. The molecule has 0 spiro atoms.